The van der Waals surface area contributed by atoms with Crippen LogP contribution in [0.1, 0.15) is 27.6 Å². The summed E-state index contributed by atoms with van der Waals surface area (Å²) in [6.45, 7) is 0.976. The molecule has 2 heterocycles. The number of benzene rings is 2. The maximum atomic E-state index is 12.2. The molecule has 1 unspecified atom stereocenters. The van der Waals surface area contributed by atoms with Gasteiger partial charge >= 0.3 is 0 Å². The first-order valence-corrected chi connectivity index (χ1v) is 7.82. The van der Waals surface area contributed by atoms with E-state index in [1.165, 1.54) is 0 Å². The van der Waals surface area contributed by atoms with Crippen molar-refractivity contribution in [3.8, 4) is 17.2 Å². The van der Waals surface area contributed by atoms with Gasteiger partial charge in [0.15, 0.2) is 11.5 Å². The van der Waals surface area contributed by atoms with E-state index in [0.29, 0.717) is 23.7 Å². The summed E-state index contributed by atoms with van der Waals surface area (Å²) in [5.74, 6) is 1.79. The quantitative estimate of drug-likeness (QED) is 0.896. The molecule has 0 aliphatic carbocycles. The molecule has 2 N–H and O–H groups in total. The van der Waals surface area contributed by atoms with Gasteiger partial charge in [0.1, 0.15) is 5.75 Å². The minimum absolute atomic E-state index is 0.132. The highest BCUT2D eigenvalue weighted by molar-refractivity contribution is 5.94. The van der Waals surface area contributed by atoms with Crippen molar-refractivity contribution in [1.82, 2.24) is 5.32 Å². The van der Waals surface area contributed by atoms with Crippen molar-refractivity contribution in [3.05, 3.63) is 53.1 Å². The zero-order valence-electron chi connectivity index (χ0n) is 13.0. The van der Waals surface area contributed by atoms with Gasteiger partial charge in [0.25, 0.3) is 5.91 Å². The van der Waals surface area contributed by atoms with Gasteiger partial charge in [-0.1, -0.05) is 6.07 Å². The Balaban J connectivity index is 1.40. The highest BCUT2D eigenvalue weighted by Crippen LogP contribution is 2.32. The molecule has 124 valence electrons. The third-order valence-corrected chi connectivity index (χ3v) is 4.19. The van der Waals surface area contributed by atoms with E-state index < -0.39 is 6.10 Å². The van der Waals surface area contributed by atoms with Gasteiger partial charge in [-0.2, -0.15) is 0 Å². The van der Waals surface area contributed by atoms with Gasteiger partial charge in [-0.25, -0.2) is 0 Å². The lowest BCUT2D eigenvalue weighted by atomic mass is 10.0. The second kappa shape index (κ2) is 6.05. The lowest BCUT2D eigenvalue weighted by Crippen LogP contribution is -2.28. The molecule has 0 bridgehead atoms. The first-order chi connectivity index (χ1) is 11.7. The fourth-order valence-electron chi connectivity index (χ4n) is 2.86. The number of hydrogen-bond acceptors (Lipinski definition) is 5. The molecule has 1 atom stereocenters. The Labute approximate surface area is 139 Å². The summed E-state index contributed by atoms with van der Waals surface area (Å²) in [7, 11) is 0. The Kier molecular flexibility index (Phi) is 3.74. The minimum Gasteiger partial charge on any atom is -0.493 e. The van der Waals surface area contributed by atoms with E-state index in [0.717, 1.165) is 23.3 Å². The average Bonchev–Trinajstić information content (AvgIpc) is 3.26. The molecule has 2 aliphatic heterocycles. The SMILES string of the molecule is O=C(NCC(O)c1ccc2c(c1)CCO2)c1ccc2c(c1)OCO2. The third-order valence-electron chi connectivity index (χ3n) is 4.19. The van der Waals surface area contributed by atoms with Crippen molar-refractivity contribution >= 4 is 5.91 Å². The molecule has 2 aromatic rings. The first kappa shape index (κ1) is 14.8. The van der Waals surface area contributed by atoms with Crippen LogP contribution in [0.25, 0.3) is 0 Å². The van der Waals surface area contributed by atoms with E-state index in [1.54, 1.807) is 18.2 Å². The van der Waals surface area contributed by atoms with Gasteiger partial charge in [0.05, 0.1) is 12.7 Å². The van der Waals surface area contributed by atoms with Crippen molar-refractivity contribution in [2.75, 3.05) is 19.9 Å². The van der Waals surface area contributed by atoms with Crippen LogP contribution in [0, 0.1) is 0 Å². The van der Waals surface area contributed by atoms with E-state index >= 15 is 0 Å². The van der Waals surface area contributed by atoms with Crippen LogP contribution in [0.3, 0.4) is 0 Å². The molecule has 0 spiro atoms. The van der Waals surface area contributed by atoms with Crippen LogP contribution in [-0.2, 0) is 6.42 Å². The molecule has 0 saturated heterocycles. The first-order valence-electron chi connectivity index (χ1n) is 7.82. The van der Waals surface area contributed by atoms with E-state index in [1.807, 2.05) is 18.2 Å². The fraction of sp³-hybridized carbons (Fsp3) is 0.278. The Bertz CT molecular complexity index is 789. The topological polar surface area (TPSA) is 77.0 Å². The zero-order valence-corrected chi connectivity index (χ0v) is 13.0. The molecule has 6 heteroatoms. The van der Waals surface area contributed by atoms with Crippen LogP contribution in [0.5, 0.6) is 17.2 Å². The number of aliphatic hydroxyl groups is 1. The number of nitrogens with one attached hydrogen (secondary N) is 1. The van der Waals surface area contributed by atoms with Gasteiger partial charge in [-0.15, -0.1) is 0 Å². The summed E-state index contributed by atoms with van der Waals surface area (Å²) >= 11 is 0. The molecule has 4 rings (SSSR count). The highest BCUT2D eigenvalue weighted by Gasteiger charge is 2.18. The monoisotopic (exact) mass is 327 g/mol. The van der Waals surface area contributed by atoms with Crippen LogP contribution in [-0.4, -0.2) is 31.0 Å². The summed E-state index contributed by atoms with van der Waals surface area (Å²) < 4.78 is 15.9. The number of amides is 1. The summed E-state index contributed by atoms with van der Waals surface area (Å²) in [6, 6.07) is 10.6. The molecule has 0 radical (unpaired) electrons. The van der Waals surface area contributed by atoms with Crippen LogP contribution >= 0.6 is 0 Å². The number of carbonyl (C=O) groups is 1. The predicted molar refractivity (Wildman–Crippen MR) is 85.5 cm³/mol. The lowest BCUT2D eigenvalue weighted by molar-refractivity contribution is 0.0916. The highest BCUT2D eigenvalue weighted by atomic mass is 16.7. The Morgan fingerprint density at radius 2 is 1.92 bits per heavy atom. The number of fused-ring (bicyclic) bond motifs is 2. The molecule has 0 saturated carbocycles. The average molecular weight is 327 g/mol. The molecule has 6 nitrogen and oxygen atoms in total. The number of carbonyl (C=O) groups excluding carboxylic acids is 1. The van der Waals surface area contributed by atoms with Gasteiger partial charge in [0.2, 0.25) is 6.79 Å². The summed E-state index contributed by atoms with van der Waals surface area (Å²) in [6.07, 6.45) is 0.0771. The van der Waals surface area contributed by atoms with E-state index in [2.05, 4.69) is 5.32 Å². The maximum Gasteiger partial charge on any atom is 0.251 e. The smallest absolute Gasteiger partial charge is 0.251 e. The standard InChI is InChI=1S/C18H17NO5/c20-14(11-1-3-15-12(7-11)5-6-22-15)9-19-18(21)13-2-4-16-17(8-13)24-10-23-16/h1-4,7-8,14,20H,5-6,9-10H2,(H,19,21). The number of aliphatic hydroxyl groups excluding tert-OH is 1. The second-order valence-electron chi connectivity index (χ2n) is 5.76. The van der Waals surface area contributed by atoms with Crippen LogP contribution < -0.4 is 19.5 Å². The number of ether oxygens (including phenoxy) is 3. The third kappa shape index (κ3) is 2.76. The Hall–Kier alpha value is -2.73. The largest absolute Gasteiger partial charge is 0.493 e. The van der Waals surface area contributed by atoms with Crippen molar-refractivity contribution < 1.29 is 24.1 Å². The van der Waals surface area contributed by atoms with Crippen molar-refractivity contribution in [2.45, 2.75) is 12.5 Å². The summed E-state index contributed by atoms with van der Waals surface area (Å²) in [5.41, 5.74) is 2.33. The summed E-state index contributed by atoms with van der Waals surface area (Å²) in [4.78, 5) is 12.2. The second-order valence-corrected chi connectivity index (χ2v) is 5.76. The number of hydrogen-bond donors (Lipinski definition) is 2. The number of rotatable bonds is 4. The normalized spacial score (nSPS) is 15.5. The molecule has 0 aromatic heterocycles. The zero-order chi connectivity index (χ0) is 16.5. The maximum absolute atomic E-state index is 12.2. The minimum atomic E-state index is -0.770. The van der Waals surface area contributed by atoms with Gasteiger partial charge in [-0.05, 0) is 41.5 Å². The predicted octanol–water partition coefficient (Wildman–Crippen LogP) is 1.81. The molecule has 2 aromatic carbocycles. The van der Waals surface area contributed by atoms with Gasteiger partial charge in [-0.3, -0.25) is 4.79 Å². The van der Waals surface area contributed by atoms with E-state index in [-0.39, 0.29) is 19.2 Å². The van der Waals surface area contributed by atoms with Gasteiger partial charge in [0, 0.05) is 18.5 Å². The molecule has 2 aliphatic rings. The van der Waals surface area contributed by atoms with Crippen LogP contribution in [0.15, 0.2) is 36.4 Å². The van der Waals surface area contributed by atoms with E-state index in [9.17, 15) is 9.90 Å². The molecular weight excluding hydrogens is 310 g/mol. The molecular formula is C18H17NO5. The Morgan fingerprint density at radius 3 is 2.83 bits per heavy atom. The van der Waals surface area contributed by atoms with Crippen molar-refractivity contribution in [1.29, 1.82) is 0 Å². The summed E-state index contributed by atoms with van der Waals surface area (Å²) in [5, 5.41) is 13.0. The molecule has 1 amide bonds. The van der Waals surface area contributed by atoms with Crippen LogP contribution in [0.2, 0.25) is 0 Å². The fourth-order valence-corrected chi connectivity index (χ4v) is 2.86. The van der Waals surface area contributed by atoms with Crippen molar-refractivity contribution in [2.24, 2.45) is 0 Å². The molecule has 24 heavy (non-hydrogen) atoms. The van der Waals surface area contributed by atoms with Crippen LogP contribution in [0.4, 0.5) is 0 Å². The van der Waals surface area contributed by atoms with Gasteiger partial charge < -0.3 is 24.6 Å². The van der Waals surface area contributed by atoms with E-state index in [4.69, 9.17) is 14.2 Å². The Morgan fingerprint density at radius 1 is 1.08 bits per heavy atom. The van der Waals surface area contributed by atoms with Crippen molar-refractivity contribution in [3.63, 3.8) is 0 Å². The molecule has 0 fully saturated rings. The lowest BCUT2D eigenvalue weighted by Gasteiger charge is -2.13.